The number of benzene rings is 1. The van der Waals surface area contributed by atoms with Crippen LogP contribution in [0.2, 0.25) is 0 Å². The Morgan fingerprint density at radius 1 is 1.32 bits per heavy atom. The van der Waals surface area contributed by atoms with E-state index in [1.807, 2.05) is 28.9 Å². The van der Waals surface area contributed by atoms with Crippen LogP contribution < -0.4 is 15.4 Å². The Morgan fingerprint density at radius 2 is 2.04 bits per heavy atom. The van der Waals surface area contributed by atoms with Gasteiger partial charge in [-0.2, -0.15) is 0 Å². The summed E-state index contributed by atoms with van der Waals surface area (Å²) in [5.41, 5.74) is 1.53. The number of nitrogens with zero attached hydrogens (tertiary/aromatic N) is 3. The summed E-state index contributed by atoms with van der Waals surface area (Å²) in [5, 5.41) is 14.3. The van der Waals surface area contributed by atoms with Crippen LogP contribution in [-0.2, 0) is 6.42 Å². The largest absolute Gasteiger partial charge is 0.497 e. The maximum Gasteiger partial charge on any atom is 0.273 e. The van der Waals surface area contributed by atoms with Crippen LogP contribution in [0, 0.1) is 0 Å². The van der Waals surface area contributed by atoms with Crippen molar-refractivity contribution in [3.8, 4) is 5.75 Å². The van der Waals surface area contributed by atoms with Gasteiger partial charge in [0.1, 0.15) is 5.75 Å². The molecule has 1 aliphatic heterocycles. The lowest BCUT2D eigenvalue weighted by atomic mass is 10.1. The van der Waals surface area contributed by atoms with E-state index in [-0.39, 0.29) is 18.3 Å². The van der Waals surface area contributed by atoms with E-state index in [9.17, 15) is 4.79 Å². The van der Waals surface area contributed by atoms with Crippen molar-refractivity contribution < 1.29 is 9.53 Å². The van der Waals surface area contributed by atoms with Gasteiger partial charge in [-0.25, -0.2) is 4.68 Å². The third-order valence-corrected chi connectivity index (χ3v) is 4.28. The molecule has 1 aromatic heterocycles. The fraction of sp³-hybridized carbons (Fsp3) is 0.471. The minimum Gasteiger partial charge on any atom is -0.497 e. The van der Waals surface area contributed by atoms with Crippen LogP contribution >= 0.6 is 12.4 Å². The molecule has 1 fully saturated rings. The van der Waals surface area contributed by atoms with Gasteiger partial charge in [-0.05, 0) is 50.0 Å². The molecule has 3 rings (SSSR count). The summed E-state index contributed by atoms with van der Waals surface area (Å²) < 4.78 is 6.95. The molecule has 0 radical (unpaired) electrons. The van der Waals surface area contributed by atoms with Gasteiger partial charge in [0.15, 0.2) is 5.69 Å². The van der Waals surface area contributed by atoms with Gasteiger partial charge in [-0.15, -0.1) is 17.5 Å². The van der Waals surface area contributed by atoms with E-state index in [0.717, 1.165) is 43.7 Å². The molecule has 2 aromatic rings. The highest BCUT2D eigenvalue weighted by atomic mass is 35.5. The van der Waals surface area contributed by atoms with Gasteiger partial charge < -0.3 is 15.4 Å². The number of aromatic nitrogens is 3. The lowest BCUT2D eigenvalue weighted by Crippen LogP contribution is -2.29. The standard InChI is InChI=1S/C17H23N5O2.ClH/c1-24-15-4-2-13(3-5-15)6-11-19-17(23)16-12-22(21-20-16)14-7-9-18-10-8-14;/h2-5,12,14,18H,6-11H2,1H3,(H,19,23);1H. The summed E-state index contributed by atoms with van der Waals surface area (Å²) in [6.45, 7) is 2.52. The molecule has 1 saturated heterocycles. The molecule has 0 unspecified atom stereocenters. The summed E-state index contributed by atoms with van der Waals surface area (Å²) >= 11 is 0. The first-order valence-electron chi connectivity index (χ1n) is 8.30. The summed E-state index contributed by atoms with van der Waals surface area (Å²) in [7, 11) is 1.65. The minimum atomic E-state index is -0.177. The lowest BCUT2D eigenvalue weighted by Gasteiger charge is -2.22. The predicted molar refractivity (Wildman–Crippen MR) is 97.4 cm³/mol. The van der Waals surface area contributed by atoms with Crippen molar-refractivity contribution in [1.82, 2.24) is 25.6 Å². The van der Waals surface area contributed by atoms with Crippen molar-refractivity contribution in [2.75, 3.05) is 26.7 Å². The fourth-order valence-electron chi connectivity index (χ4n) is 2.83. The third-order valence-electron chi connectivity index (χ3n) is 4.28. The Hall–Kier alpha value is -2.12. The molecule has 0 aliphatic carbocycles. The van der Waals surface area contributed by atoms with Gasteiger partial charge in [0.2, 0.25) is 0 Å². The highest BCUT2D eigenvalue weighted by molar-refractivity contribution is 5.91. The zero-order valence-corrected chi connectivity index (χ0v) is 15.1. The van der Waals surface area contributed by atoms with Crippen molar-refractivity contribution in [1.29, 1.82) is 0 Å². The van der Waals surface area contributed by atoms with Gasteiger partial charge in [-0.3, -0.25) is 4.79 Å². The molecule has 136 valence electrons. The molecular weight excluding hydrogens is 342 g/mol. The quantitative estimate of drug-likeness (QED) is 0.812. The van der Waals surface area contributed by atoms with Crippen molar-refractivity contribution in [2.45, 2.75) is 25.3 Å². The van der Waals surface area contributed by atoms with Crippen LogP contribution in [0.4, 0.5) is 0 Å². The Bertz CT molecular complexity index is 668. The summed E-state index contributed by atoms with van der Waals surface area (Å²) in [6, 6.07) is 8.17. The summed E-state index contributed by atoms with van der Waals surface area (Å²) in [4.78, 5) is 12.2. The number of hydrogen-bond acceptors (Lipinski definition) is 5. The van der Waals surface area contributed by atoms with E-state index in [1.54, 1.807) is 13.3 Å². The van der Waals surface area contributed by atoms with Gasteiger partial charge in [0.25, 0.3) is 5.91 Å². The highest BCUT2D eigenvalue weighted by Gasteiger charge is 2.18. The molecule has 0 spiro atoms. The van der Waals surface area contributed by atoms with E-state index in [1.165, 1.54) is 0 Å². The van der Waals surface area contributed by atoms with Gasteiger partial charge in [0, 0.05) is 6.54 Å². The predicted octanol–water partition coefficient (Wildman–Crippen LogP) is 1.61. The Balaban J connectivity index is 0.00000225. The second-order valence-corrected chi connectivity index (χ2v) is 5.92. The molecule has 0 atom stereocenters. The molecule has 1 aliphatic rings. The number of rotatable bonds is 6. The van der Waals surface area contributed by atoms with Crippen LogP contribution in [0.3, 0.4) is 0 Å². The third kappa shape index (κ3) is 5.17. The van der Waals surface area contributed by atoms with Crippen LogP contribution in [-0.4, -0.2) is 47.6 Å². The van der Waals surface area contributed by atoms with E-state index in [0.29, 0.717) is 18.3 Å². The molecular formula is C17H24ClN5O2. The SMILES string of the molecule is COc1ccc(CCNC(=O)c2cn(C3CCNCC3)nn2)cc1.Cl. The molecule has 8 heteroatoms. The van der Waals surface area contributed by atoms with E-state index < -0.39 is 0 Å². The van der Waals surface area contributed by atoms with Crippen LogP contribution in [0.1, 0.15) is 34.9 Å². The normalized spacial score (nSPS) is 14.6. The minimum absolute atomic E-state index is 0. The molecule has 0 saturated carbocycles. The van der Waals surface area contributed by atoms with Crippen molar-refractivity contribution in [3.05, 3.63) is 41.7 Å². The number of ether oxygens (including phenoxy) is 1. The Labute approximate surface area is 153 Å². The van der Waals surface area contributed by atoms with Crippen LogP contribution in [0.5, 0.6) is 5.75 Å². The average Bonchev–Trinajstić information content (AvgIpc) is 3.13. The maximum atomic E-state index is 12.2. The van der Waals surface area contributed by atoms with Crippen molar-refractivity contribution >= 4 is 18.3 Å². The number of piperidine rings is 1. The number of amides is 1. The van der Waals surface area contributed by atoms with E-state index in [4.69, 9.17) is 4.74 Å². The molecule has 7 nitrogen and oxygen atoms in total. The molecule has 0 bridgehead atoms. The van der Waals surface area contributed by atoms with Gasteiger partial charge in [-0.1, -0.05) is 17.3 Å². The monoisotopic (exact) mass is 365 g/mol. The topological polar surface area (TPSA) is 81.1 Å². The van der Waals surface area contributed by atoms with E-state index in [2.05, 4.69) is 20.9 Å². The van der Waals surface area contributed by atoms with Gasteiger partial charge in [0.05, 0.1) is 19.3 Å². The number of methoxy groups -OCH3 is 1. The average molecular weight is 366 g/mol. The number of hydrogen-bond donors (Lipinski definition) is 2. The fourth-order valence-corrected chi connectivity index (χ4v) is 2.83. The molecule has 2 N–H and O–H groups in total. The maximum absolute atomic E-state index is 12.2. The zero-order valence-electron chi connectivity index (χ0n) is 14.3. The highest BCUT2D eigenvalue weighted by Crippen LogP contribution is 2.17. The molecule has 25 heavy (non-hydrogen) atoms. The lowest BCUT2D eigenvalue weighted by molar-refractivity contribution is 0.0949. The second-order valence-electron chi connectivity index (χ2n) is 5.92. The van der Waals surface area contributed by atoms with Crippen LogP contribution in [0.25, 0.3) is 0 Å². The number of carbonyl (C=O) groups is 1. The van der Waals surface area contributed by atoms with Crippen molar-refractivity contribution in [3.63, 3.8) is 0 Å². The summed E-state index contributed by atoms with van der Waals surface area (Å²) in [5.74, 6) is 0.654. The first-order valence-corrected chi connectivity index (χ1v) is 8.30. The summed E-state index contributed by atoms with van der Waals surface area (Å²) in [6.07, 6.45) is 4.54. The molecule has 1 amide bonds. The second kappa shape index (κ2) is 9.39. The first kappa shape index (κ1) is 19.2. The van der Waals surface area contributed by atoms with Gasteiger partial charge >= 0.3 is 0 Å². The molecule has 2 heterocycles. The van der Waals surface area contributed by atoms with Crippen molar-refractivity contribution in [2.24, 2.45) is 0 Å². The number of nitrogens with one attached hydrogen (secondary N) is 2. The Morgan fingerprint density at radius 3 is 2.72 bits per heavy atom. The number of halogens is 1. The molecule has 1 aromatic carbocycles. The van der Waals surface area contributed by atoms with E-state index >= 15 is 0 Å². The Kier molecular flexibility index (Phi) is 7.21. The zero-order chi connectivity index (χ0) is 16.8. The smallest absolute Gasteiger partial charge is 0.273 e. The number of carbonyl (C=O) groups excluding carboxylic acids is 1. The van der Waals surface area contributed by atoms with Crippen LogP contribution in [0.15, 0.2) is 30.5 Å². The first-order chi connectivity index (χ1) is 11.8.